The first-order valence-corrected chi connectivity index (χ1v) is 6.33. The number of nitrogens with zero attached hydrogens (tertiary/aromatic N) is 3. The van der Waals surface area contributed by atoms with Crippen molar-refractivity contribution in [1.29, 1.82) is 0 Å². The highest BCUT2D eigenvalue weighted by atomic mass is 32.1. The number of hydrogen-bond acceptors (Lipinski definition) is 3. The molecule has 0 saturated heterocycles. The molecule has 3 heterocycles. The minimum absolute atomic E-state index is 0.325. The Labute approximate surface area is 107 Å². The number of carboxylic acid groups (broad SMARTS) is 1. The Bertz CT molecular complexity index is 694. The second-order valence-electron chi connectivity index (χ2n) is 4.11. The zero-order valence-electron chi connectivity index (χ0n) is 9.70. The molecule has 0 atom stereocenters. The van der Waals surface area contributed by atoms with E-state index in [4.69, 9.17) is 5.11 Å². The third kappa shape index (κ3) is 1.70. The number of imidazole rings is 1. The van der Waals surface area contributed by atoms with Crippen LogP contribution in [-0.2, 0) is 6.54 Å². The highest BCUT2D eigenvalue weighted by molar-refractivity contribution is 7.15. The maximum Gasteiger partial charge on any atom is 0.352 e. The molecule has 3 aromatic rings. The van der Waals surface area contributed by atoms with Gasteiger partial charge in [-0.3, -0.25) is 4.40 Å². The third-order valence-electron chi connectivity index (χ3n) is 2.84. The standard InChI is InChI=1S/C12H11N3O2S/c1-8-2-3-14(10(8)11(16)17)6-9-7-15-4-5-18-12(15)13-9/h2-5,7H,6H2,1H3,(H,16,17). The van der Waals surface area contributed by atoms with Gasteiger partial charge in [0.1, 0.15) is 5.69 Å². The molecule has 3 rings (SSSR count). The molecular weight excluding hydrogens is 250 g/mol. The van der Waals surface area contributed by atoms with E-state index in [1.165, 1.54) is 0 Å². The highest BCUT2D eigenvalue weighted by Gasteiger charge is 2.14. The van der Waals surface area contributed by atoms with Crippen molar-refractivity contribution in [2.45, 2.75) is 13.5 Å². The fourth-order valence-electron chi connectivity index (χ4n) is 2.03. The number of carbonyl (C=O) groups is 1. The average molecular weight is 261 g/mol. The maximum atomic E-state index is 11.2. The van der Waals surface area contributed by atoms with Gasteiger partial charge in [0, 0.05) is 24.0 Å². The molecule has 0 spiro atoms. The molecule has 0 aliphatic carbocycles. The van der Waals surface area contributed by atoms with Crippen LogP contribution in [0.2, 0.25) is 0 Å². The number of aryl methyl sites for hydroxylation is 1. The van der Waals surface area contributed by atoms with E-state index in [1.54, 1.807) is 29.0 Å². The summed E-state index contributed by atoms with van der Waals surface area (Å²) < 4.78 is 3.65. The van der Waals surface area contributed by atoms with Crippen LogP contribution >= 0.6 is 11.3 Å². The molecule has 0 aliphatic heterocycles. The Morgan fingerprint density at radius 3 is 3.06 bits per heavy atom. The first-order chi connectivity index (χ1) is 8.65. The summed E-state index contributed by atoms with van der Waals surface area (Å²) in [7, 11) is 0. The molecule has 92 valence electrons. The largest absolute Gasteiger partial charge is 0.477 e. The molecular formula is C12H11N3O2S. The lowest BCUT2D eigenvalue weighted by molar-refractivity contribution is 0.0685. The van der Waals surface area contributed by atoms with Gasteiger partial charge in [0.05, 0.1) is 12.2 Å². The van der Waals surface area contributed by atoms with Crippen LogP contribution in [0.5, 0.6) is 0 Å². The van der Waals surface area contributed by atoms with Crippen molar-refractivity contribution >= 4 is 22.3 Å². The van der Waals surface area contributed by atoms with Crippen molar-refractivity contribution in [3.8, 4) is 0 Å². The third-order valence-corrected chi connectivity index (χ3v) is 3.61. The Balaban J connectivity index is 1.97. The van der Waals surface area contributed by atoms with Crippen molar-refractivity contribution in [3.05, 3.63) is 47.0 Å². The molecule has 0 radical (unpaired) electrons. The second kappa shape index (κ2) is 3.99. The summed E-state index contributed by atoms with van der Waals surface area (Å²) in [5, 5.41) is 11.1. The summed E-state index contributed by atoms with van der Waals surface area (Å²) in [5.74, 6) is -0.904. The topological polar surface area (TPSA) is 59.5 Å². The van der Waals surface area contributed by atoms with Gasteiger partial charge < -0.3 is 9.67 Å². The lowest BCUT2D eigenvalue weighted by Gasteiger charge is -2.04. The quantitative estimate of drug-likeness (QED) is 0.786. The Morgan fingerprint density at radius 1 is 1.50 bits per heavy atom. The molecule has 0 fully saturated rings. The molecule has 6 heteroatoms. The van der Waals surface area contributed by atoms with Crippen LogP contribution in [0.4, 0.5) is 0 Å². The van der Waals surface area contributed by atoms with E-state index >= 15 is 0 Å². The number of fused-ring (bicyclic) bond motifs is 1. The van der Waals surface area contributed by atoms with E-state index < -0.39 is 5.97 Å². The van der Waals surface area contributed by atoms with E-state index in [0.717, 1.165) is 16.2 Å². The number of carboxylic acids is 1. The van der Waals surface area contributed by atoms with Crippen molar-refractivity contribution in [2.75, 3.05) is 0 Å². The maximum absolute atomic E-state index is 11.2. The molecule has 0 amide bonds. The van der Waals surface area contributed by atoms with E-state index in [1.807, 2.05) is 28.2 Å². The van der Waals surface area contributed by atoms with E-state index in [0.29, 0.717) is 12.2 Å². The molecule has 18 heavy (non-hydrogen) atoms. The molecule has 3 aromatic heterocycles. The van der Waals surface area contributed by atoms with Crippen LogP contribution in [0.3, 0.4) is 0 Å². The van der Waals surface area contributed by atoms with Crippen LogP contribution in [0.15, 0.2) is 30.0 Å². The van der Waals surface area contributed by atoms with Crippen LogP contribution in [0.25, 0.3) is 4.96 Å². The molecule has 0 aromatic carbocycles. The van der Waals surface area contributed by atoms with Crippen molar-refractivity contribution in [2.24, 2.45) is 0 Å². The lowest BCUT2D eigenvalue weighted by atomic mass is 10.3. The predicted molar refractivity (Wildman–Crippen MR) is 68.3 cm³/mol. The SMILES string of the molecule is Cc1ccn(Cc2cn3ccsc3n2)c1C(=O)O. The number of aromatic nitrogens is 3. The van der Waals surface area contributed by atoms with Gasteiger partial charge in [0.2, 0.25) is 0 Å². The predicted octanol–water partition coefficient (Wildman–Crippen LogP) is 2.25. The molecule has 0 bridgehead atoms. The lowest BCUT2D eigenvalue weighted by Crippen LogP contribution is -2.10. The van der Waals surface area contributed by atoms with Gasteiger partial charge in [-0.25, -0.2) is 9.78 Å². The Hall–Kier alpha value is -2.08. The fraction of sp³-hybridized carbons (Fsp3) is 0.167. The first-order valence-electron chi connectivity index (χ1n) is 5.45. The van der Waals surface area contributed by atoms with Crippen LogP contribution < -0.4 is 0 Å². The summed E-state index contributed by atoms with van der Waals surface area (Å²) in [6.07, 6.45) is 5.65. The van der Waals surface area contributed by atoms with E-state index in [9.17, 15) is 4.79 Å². The van der Waals surface area contributed by atoms with Gasteiger partial charge >= 0.3 is 5.97 Å². The first kappa shape index (κ1) is 11.0. The van der Waals surface area contributed by atoms with E-state index in [-0.39, 0.29) is 0 Å². The number of hydrogen-bond donors (Lipinski definition) is 1. The van der Waals surface area contributed by atoms with Gasteiger partial charge in [0.25, 0.3) is 0 Å². The molecule has 0 unspecified atom stereocenters. The van der Waals surface area contributed by atoms with Crippen LogP contribution in [0.1, 0.15) is 21.7 Å². The smallest absolute Gasteiger partial charge is 0.352 e. The van der Waals surface area contributed by atoms with Crippen molar-refractivity contribution < 1.29 is 9.90 Å². The number of thiazole rings is 1. The zero-order valence-corrected chi connectivity index (χ0v) is 10.5. The molecule has 1 N–H and O–H groups in total. The Morgan fingerprint density at radius 2 is 2.33 bits per heavy atom. The number of rotatable bonds is 3. The summed E-state index contributed by atoms with van der Waals surface area (Å²) in [4.78, 5) is 16.5. The molecule has 0 saturated carbocycles. The van der Waals surface area contributed by atoms with Gasteiger partial charge in [-0.05, 0) is 18.6 Å². The average Bonchev–Trinajstić information content (AvgIpc) is 2.93. The zero-order chi connectivity index (χ0) is 12.7. The van der Waals surface area contributed by atoms with Crippen LogP contribution in [-0.4, -0.2) is 25.0 Å². The Kier molecular flexibility index (Phi) is 2.45. The fourth-order valence-corrected chi connectivity index (χ4v) is 2.75. The minimum atomic E-state index is -0.904. The summed E-state index contributed by atoms with van der Waals surface area (Å²) in [5.41, 5.74) is 1.95. The van der Waals surface area contributed by atoms with Gasteiger partial charge in [-0.1, -0.05) is 0 Å². The summed E-state index contributed by atoms with van der Waals surface area (Å²) in [6.45, 7) is 2.27. The summed E-state index contributed by atoms with van der Waals surface area (Å²) >= 11 is 1.56. The summed E-state index contributed by atoms with van der Waals surface area (Å²) in [6, 6.07) is 1.81. The minimum Gasteiger partial charge on any atom is -0.477 e. The van der Waals surface area contributed by atoms with Crippen LogP contribution in [0, 0.1) is 6.92 Å². The molecule has 0 aliphatic rings. The van der Waals surface area contributed by atoms with Crippen molar-refractivity contribution in [3.63, 3.8) is 0 Å². The second-order valence-corrected chi connectivity index (χ2v) is 4.98. The number of aromatic carboxylic acids is 1. The van der Waals surface area contributed by atoms with Gasteiger partial charge in [-0.15, -0.1) is 11.3 Å². The van der Waals surface area contributed by atoms with Crippen molar-refractivity contribution in [1.82, 2.24) is 14.0 Å². The van der Waals surface area contributed by atoms with Gasteiger partial charge in [0.15, 0.2) is 4.96 Å². The van der Waals surface area contributed by atoms with E-state index in [2.05, 4.69) is 4.98 Å². The normalized spacial score (nSPS) is 11.2. The monoisotopic (exact) mass is 261 g/mol. The highest BCUT2D eigenvalue weighted by Crippen LogP contribution is 2.15. The van der Waals surface area contributed by atoms with Gasteiger partial charge in [-0.2, -0.15) is 0 Å². The molecule has 5 nitrogen and oxygen atoms in total.